The summed E-state index contributed by atoms with van der Waals surface area (Å²) in [4.78, 5) is 20.1. The van der Waals surface area contributed by atoms with Crippen LogP contribution in [0.15, 0.2) is 67.0 Å². The van der Waals surface area contributed by atoms with Gasteiger partial charge in [-0.05, 0) is 124 Å². The van der Waals surface area contributed by atoms with Crippen molar-refractivity contribution in [1.29, 1.82) is 5.26 Å². The van der Waals surface area contributed by atoms with E-state index in [0.717, 1.165) is 101 Å². The van der Waals surface area contributed by atoms with Crippen LogP contribution in [0.5, 0.6) is 0 Å². The first-order chi connectivity index (χ1) is 23.4. The Morgan fingerprint density at radius 1 is 0.979 bits per heavy atom. The Hall–Kier alpha value is -3.87. The van der Waals surface area contributed by atoms with Crippen molar-refractivity contribution in [2.24, 2.45) is 17.8 Å². The third kappa shape index (κ3) is 6.70. The number of hydrogen-bond donors (Lipinski definition) is 1. The lowest BCUT2D eigenvalue weighted by atomic mass is 9.57. The molecular weight excluding hydrogens is 603 g/mol. The summed E-state index contributed by atoms with van der Waals surface area (Å²) in [6.07, 6.45) is 10.1. The van der Waals surface area contributed by atoms with Gasteiger partial charge in [0.25, 0.3) is 0 Å². The topological polar surface area (TPSA) is 76.8 Å². The molecule has 1 aromatic heterocycles. The number of methoxy groups -OCH3 is 1. The third-order valence-electron chi connectivity index (χ3n) is 11.8. The van der Waals surface area contributed by atoms with Crippen molar-refractivity contribution in [3.8, 4) is 6.07 Å². The van der Waals surface area contributed by atoms with Crippen LogP contribution in [-0.2, 0) is 16.7 Å². The zero-order valence-electron chi connectivity index (χ0n) is 28.2. The monoisotopic (exact) mass is 652 g/mol. The number of halogens is 1. The van der Waals surface area contributed by atoms with E-state index in [9.17, 15) is 14.4 Å². The van der Waals surface area contributed by atoms with Gasteiger partial charge in [-0.2, -0.15) is 5.26 Å². The fourth-order valence-electron chi connectivity index (χ4n) is 9.32. The molecule has 254 valence electrons. The number of piperidine rings is 1. The van der Waals surface area contributed by atoms with Crippen LogP contribution in [-0.4, -0.2) is 86.0 Å². The van der Waals surface area contributed by atoms with Crippen molar-refractivity contribution in [3.63, 3.8) is 0 Å². The largest absolute Gasteiger partial charge is 0.453 e. The lowest BCUT2D eigenvalue weighted by Gasteiger charge is -2.54. The first-order valence-corrected chi connectivity index (χ1v) is 17.9. The quantitative estimate of drug-likeness (QED) is 0.280. The molecule has 1 amide bonds. The van der Waals surface area contributed by atoms with Gasteiger partial charge in [0, 0.05) is 68.2 Å². The maximum absolute atomic E-state index is 15.0. The van der Waals surface area contributed by atoms with Gasteiger partial charge in [-0.3, -0.25) is 0 Å². The summed E-state index contributed by atoms with van der Waals surface area (Å²) in [5, 5.41) is 12.9. The third-order valence-corrected chi connectivity index (χ3v) is 11.8. The van der Waals surface area contributed by atoms with Crippen molar-refractivity contribution < 1.29 is 13.9 Å². The summed E-state index contributed by atoms with van der Waals surface area (Å²) in [7, 11) is 1.43. The molecule has 3 aromatic rings. The molecule has 4 heterocycles. The minimum Gasteiger partial charge on any atom is -0.453 e. The van der Waals surface area contributed by atoms with E-state index in [2.05, 4.69) is 48.9 Å². The highest BCUT2D eigenvalue weighted by Crippen LogP contribution is 2.51. The van der Waals surface area contributed by atoms with Gasteiger partial charge in [0.2, 0.25) is 0 Å². The molecule has 1 N–H and O–H groups in total. The highest BCUT2D eigenvalue weighted by Gasteiger charge is 2.53. The number of rotatable bonds is 11. The molecule has 0 radical (unpaired) electrons. The number of benzene rings is 2. The number of aromatic nitrogens is 1. The Morgan fingerprint density at radius 3 is 2.46 bits per heavy atom. The average Bonchev–Trinajstić information content (AvgIpc) is 3.75. The predicted octanol–water partition coefficient (Wildman–Crippen LogP) is 5.86. The number of nitrogens with one attached hydrogen (secondary N) is 1. The van der Waals surface area contributed by atoms with Gasteiger partial charge < -0.3 is 29.3 Å². The zero-order chi connectivity index (χ0) is 33.1. The number of hydrogen-bond acceptors (Lipinski definition) is 6. The fourth-order valence-corrected chi connectivity index (χ4v) is 9.32. The lowest BCUT2D eigenvalue weighted by Crippen LogP contribution is -2.60. The summed E-state index contributed by atoms with van der Waals surface area (Å²) in [5.74, 6) is 1.06. The number of nitrogens with zero attached hydrogens (tertiary/aromatic N) is 5. The van der Waals surface area contributed by atoms with Crippen molar-refractivity contribution in [3.05, 3.63) is 89.5 Å². The van der Waals surface area contributed by atoms with Crippen LogP contribution in [0.2, 0.25) is 0 Å². The van der Waals surface area contributed by atoms with Crippen molar-refractivity contribution in [1.82, 2.24) is 19.7 Å². The molecule has 1 aliphatic carbocycles. The van der Waals surface area contributed by atoms with Gasteiger partial charge in [-0.15, -0.1) is 0 Å². The van der Waals surface area contributed by atoms with Crippen LogP contribution in [0.25, 0.3) is 0 Å². The highest BCUT2D eigenvalue weighted by molar-refractivity contribution is 5.67. The molecule has 9 heteroatoms. The van der Waals surface area contributed by atoms with Gasteiger partial charge in [0.1, 0.15) is 5.82 Å². The van der Waals surface area contributed by atoms with E-state index in [-0.39, 0.29) is 29.3 Å². The normalized spacial score (nSPS) is 23.6. The van der Waals surface area contributed by atoms with Crippen LogP contribution in [0.4, 0.5) is 14.9 Å². The van der Waals surface area contributed by atoms with Gasteiger partial charge in [0.15, 0.2) is 0 Å². The second-order valence-electron chi connectivity index (χ2n) is 14.6. The Kier molecular flexibility index (Phi) is 9.74. The first kappa shape index (κ1) is 32.7. The number of alkyl carbamates (subject to hydrolysis) is 1. The number of likely N-dealkylation sites (tertiary alicyclic amines) is 2. The maximum atomic E-state index is 15.0. The molecule has 0 spiro atoms. The highest BCUT2D eigenvalue weighted by atomic mass is 19.1. The summed E-state index contributed by atoms with van der Waals surface area (Å²) in [6, 6.07) is 20.0. The molecule has 3 atom stereocenters. The van der Waals surface area contributed by atoms with E-state index >= 15 is 0 Å². The molecule has 3 saturated heterocycles. The van der Waals surface area contributed by atoms with E-state index in [4.69, 9.17) is 4.74 Å². The van der Waals surface area contributed by atoms with Crippen LogP contribution in [0.1, 0.15) is 55.2 Å². The van der Waals surface area contributed by atoms with Crippen LogP contribution in [0, 0.1) is 34.9 Å². The van der Waals surface area contributed by atoms with Crippen LogP contribution in [0.3, 0.4) is 0 Å². The minimum atomic E-state index is -0.369. The number of amides is 1. The van der Waals surface area contributed by atoms with E-state index in [0.29, 0.717) is 18.4 Å². The Labute approximate surface area is 284 Å². The Morgan fingerprint density at radius 2 is 1.77 bits per heavy atom. The average molecular weight is 653 g/mol. The van der Waals surface area contributed by atoms with Crippen LogP contribution < -0.4 is 10.2 Å². The van der Waals surface area contributed by atoms with Gasteiger partial charge in [0.05, 0.1) is 18.7 Å². The molecule has 0 bridgehead atoms. The lowest BCUT2D eigenvalue weighted by molar-refractivity contribution is 0.0223. The van der Waals surface area contributed by atoms with Crippen molar-refractivity contribution in [2.75, 3.05) is 64.4 Å². The second kappa shape index (κ2) is 14.3. The number of nitriles is 1. The molecule has 48 heavy (non-hydrogen) atoms. The van der Waals surface area contributed by atoms with Crippen molar-refractivity contribution in [2.45, 2.75) is 56.5 Å². The molecule has 2 aromatic carbocycles. The fraction of sp³-hybridized carbons (Fsp3) is 0.538. The minimum absolute atomic E-state index is 0.0204. The van der Waals surface area contributed by atoms with Gasteiger partial charge >= 0.3 is 6.09 Å². The smallest absolute Gasteiger partial charge is 0.407 e. The molecular formula is C39H49FN6O2. The second-order valence-corrected chi connectivity index (χ2v) is 14.6. The number of ether oxygens (including phenoxy) is 1. The number of anilines is 1. The van der Waals surface area contributed by atoms with E-state index < -0.39 is 0 Å². The standard InChI is InChI=1S/C39H49FN6O2/c1-48-38(47)42-37-10-5-9-36(37)39(28-45-17-6-18-45,33-7-4-8-34(40)22-33)32-13-19-44(20-14-32)24-29-25-46(26-29)35-12-11-30(23-41)31(21-35)27-43-15-2-3-16-43/h2-4,7-8,11-12,15-16,21-22,29,32,36-37H,5-6,9-10,13-14,17-20,24-28H2,1H3,(H,42,47)/t36-,37-,39-/m0/s1. The SMILES string of the molecule is COC(=O)N[C@H]1CCC[C@@H]1[C@](CN1CCC1)(c1cccc(F)c1)C1CCN(CC2CN(c3ccc(C#N)c(Cn4cccc4)c3)C2)CC1. The predicted molar refractivity (Wildman–Crippen MR) is 185 cm³/mol. The molecule has 4 aliphatic rings. The van der Waals surface area contributed by atoms with Crippen molar-refractivity contribution >= 4 is 11.8 Å². The summed E-state index contributed by atoms with van der Waals surface area (Å²) in [6.45, 7) is 9.01. The Bertz CT molecular complexity index is 1590. The molecule has 7 rings (SSSR count). The molecule has 1 saturated carbocycles. The maximum Gasteiger partial charge on any atom is 0.407 e. The van der Waals surface area contributed by atoms with Crippen LogP contribution >= 0.6 is 0 Å². The molecule has 4 fully saturated rings. The number of carbonyl (C=O) groups excluding carboxylic acids is 1. The summed E-state index contributed by atoms with van der Waals surface area (Å²) < 4.78 is 22.1. The Balaban J connectivity index is 1.03. The van der Waals surface area contributed by atoms with E-state index in [1.54, 1.807) is 12.1 Å². The van der Waals surface area contributed by atoms with E-state index in [1.807, 2.05) is 36.7 Å². The summed E-state index contributed by atoms with van der Waals surface area (Å²) in [5.41, 5.74) is 3.86. The number of carbonyl (C=O) groups is 1. The first-order valence-electron chi connectivity index (χ1n) is 17.9. The molecule has 3 aliphatic heterocycles. The summed E-state index contributed by atoms with van der Waals surface area (Å²) >= 11 is 0. The van der Waals surface area contributed by atoms with Gasteiger partial charge in [-0.1, -0.05) is 18.6 Å². The molecule has 0 unspecified atom stereocenters. The van der Waals surface area contributed by atoms with Gasteiger partial charge in [-0.25, -0.2) is 9.18 Å². The van der Waals surface area contributed by atoms with E-state index in [1.165, 1.54) is 19.2 Å². The zero-order valence-corrected chi connectivity index (χ0v) is 28.2. The molecule has 8 nitrogen and oxygen atoms in total.